The molecule has 1 amide bonds. The first kappa shape index (κ1) is 18.8. The number of nitrogens with zero attached hydrogens (tertiary/aromatic N) is 1. The van der Waals surface area contributed by atoms with Crippen LogP contribution in [0.15, 0.2) is 65.0 Å². The highest BCUT2D eigenvalue weighted by atomic mass is 32.1. The minimum absolute atomic E-state index is 0.223. The van der Waals surface area contributed by atoms with Crippen molar-refractivity contribution in [2.45, 2.75) is 13.1 Å². The standard InChI is InChI=1S/C20H15F3N2OS/c1-13-6-8-14(9-7-13)12-24-19-15(10-11-27-19)18(26)25-17-5-3-2-4-16(17)20(21,22)23/h2-12H,1H3,(H,25,26)/b24-12+. The van der Waals surface area contributed by atoms with Gasteiger partial charge in [0, 0.05) is 6.21 Å². The van der Waals surface area contributed by atoms with Gasteiger partial charge >= 0.3 is 6.18 Å². The second-order valence-electron chi connectivity index (χ2n) is 5.81. The number of carbonyl (C=O) groups is 1. The molecule has 0 bridgehead atoms. The largest absolute Gasteiger partial charge is 0.418 e. The number of nitrogens with one attached hydrogen (secondary N) is 1. The number of rotatable bonds is 4. The molecule has 1 heterocycles. The fourth-order valence-electron chi connectivity index (χ4n) is 2.39. The molecule has 3 rings (SSSR count). The van der Waals surface area contributed by atoms with Gasteiger partial charge in [0.1, 0.15) is 5.00 Å². The molecule has 1 aromatic heterocycles. The minimum Gasteiger partial charge on any atom is -0.321 e. The molecule has 3 nitrogen and oxygen atoms in total. The van der Waals surface area contributed by atoms with Gasteiger partial charge in [-0.05, 0) is 36.1 Å². The lowest BCUT2D eigenvalue weighted by Crippen LogP contribution is -2.16. The zero-order valence-corrected chi connectivity index (χ0v) is 15.1. The van der Waals surface area contributed by atoms with E-state index in [1.165, 1.54) is 35.6 Å². The number of alkyl halides is 3. The normalized spacial score (nSPS) is 11.7. The molecule has 7 heteroatoms. The molecule has 0 atom stereocenters. The first-order valence-corrected chi connectivity index (χ1v) is 8.88. The van der Waals surface area contributed by atoms with E-state index < -0.39 is 17.6 Å². The molecule has 0 aliphatic rings. The van der Waals surface area contributed by atoms with E-state index in [0.29, 0.717) is 5.00 Å². The van der Waals surface area contributed by atoms with Crippen LogP contribution in [0.3, 0.4) is 0 Å². The third kappa shape index (κ3) is 4.62. The summed E-state index contributed by atoms with van der Waals surface area (Å²) >= 11 is 1.24. The monoisotopic (exact) mass is 388 g/mol. The Morgan fingerprint density at radius 3 is 2.48 bits per heavy atom. The lowest BCUT2D eigenvalue weighted by molar-refractivity contribution is -0.136. The van der Waals surface area contributed by atoms with Crippen molar-refractivity contribution >= 4 is 34.1 Å². The molecule has 0 unspecified atom stereocenters. The maximum Gasteiger partial charge on any atom is 0.418 e. The summed E-state index contributed by atoms with van der Waals surface area (Å²) in [4.78, 5) is 16.8. The third-order valence-electron chi connectivity index (χ3n) is 3.78. The highest BCUT2D eigenvalue weighted by molar-refractivity contribution is 7.14. The highest BCUT2D eigenvalue weighted by Gasteiger charge is 2.33. The molecule has 2 aromatic carbocycles. The van der Waals surface area contributed by atoms with Gasteiger partial charge in [-0.25, -0.2) is 4.99 Å². The number of amides is 1. The Labute approximate surface area is 158 Å². The number of aryl methyl sites for hydroxylation is 1. The van der Waals surface area contributed by atoms with E-state index in [1.807, 2.05) is 31.2 Å². The van der Waals surface area contributed by atoms with Gasteiger partial charge in [-0.1, -0.05) is 42.0 Å². The summed E-state index contributed by atoms with van der Waals surface area (Å²) in [5.41, 5.74) is 1.03. The number of carbonyl (C=O) groups excluding carboxylic acids is 1. The fraction of sp³-hybridized carbons (Fsp3) is 0.100. The van der Waals surface area contributed by atoms with Crippen molar-refractivity contribution < 1.29 is 18.0 Å². The number of hydrogen-bond acceptors (Lipinski definition) is 3. The molecule has 27 heavy (non-hydrogen) atoms. The van der Waals surface area contributed by atoms with Crippen molar-refractivity contribution in [2.24, 2.45) is 4.99 Å². The Morgan fingerprint density at radius 2 is 1.78 bits per heavy atom. The predicted octanol–water partition coefficient (Wildman–Crippen LogP) is 6.08. The SMILES string of the molecule is Cc1ccc(/C=N/c2sccc2C(=O)Nc2ccccc2C(F)(F)F)cc1. The summed E-state index contributed by atoms with van der Waals surface area (Å²) in [7, 11) is 0. The van der Waals surface area contributed by atoms with Crippen LogP contribution < -0.4 is 5.32 Å². The first-order valence-electron chi connectivity index (χ1n) is 8.00. The van der Waals surface area contributed by atoms with E-state index in [1.54, 1.807) is 11.6 Å². The van der Waals surface area contributed by atoms with Crippen LogP contribution in [0.4, 0.5) is 23.9 Å². The van der Waals surface area contributed by atoms with Crippen molar-refractivity contribution in [1.29, 1.82) is 0 Å². The Balaban J connectivity index is 1.82. The number of aliphatic imine (C=N–C) groups is 1. The molecule has 0 saturated heterocycles. The van der Waals surface area contributed by atoms with Crippen LogP contribution in [0.25, 0.3) is 0 Å². The number of para-hydroxylation sites is 1. The average Bonchev–Trinajstić information content (AvgIpc) is 3.09. The first-order chi connectivity index (χ1) is 12.8. The quantitative estimate of drug-likeness (QED) is 0.541. The maximum absolute atomic E-state index is 13.1. The zero-order chi connectivity index (χ0) is 19.4. The van der Waals surface area contributed by atoms with Gasteiger partial charge in [-0.2, -0.15) is 13.2 Å². The molecule has 0 saturated carbocycles. The van der Waals surface area contributed by atoms with Gasteiger partial charge in [0.15, 0.2) is 0 Å². The third-order valence-corrected chi connectivity index (χ3v) is 4.60. The van der Waals surface area contributed by atoms with Crippen molar-refractivity contribution in [3.8, 4) is 0 Å². The van der Waals surface area contributed by atoms with Gasteiger partial charge in [0.05, 0.1) is 16.8 Å². The van der Waals surface area contributed by atoms with Crippen molar-refractivity contribution in [1.82, 2.24) is 0 Å². The van der Waals surface area contributed by atoms with E-state index in [2.05, 4.69) is 10.3 Å². The summed E-state index contributed by atoms with van der Waals surface area (Å²) in [5, 5.41) is 4.44. The lowest BCUT2D eigenvalue weighted by Gasteiger charge is -2.13. The number of benzene rings is 2. The highest BCUT2D eigenvalue weighted by Crippen LogP contribution is 2.35. The fourth-order valence-corrected chi connectivity index (χ4v) is 3.12. The van der Waals surface area contributed by atoms with Crippen molar-refractivity contribution in [3.63, 3.8) is 0 Å². The second kappa shape index (κ2) is 7.75. The van der Waals surface area contributed by atoms with Crippen LogP contribution in [0.5, 0.6) is 0 Å². The van der Waals surface area contributed by atoms with Gasteiger partial charge < -0.3 is 5.32 Å². The van der Waals surface area contributed by atoms with Crippen LogP contribution in [-0.4, -0.2) is 12.1 Å². The summed E-state index contributed by atoms with van der Waals surface area (Å²) in [6.07, 6.45) is -2.93. The number of anilines is 1. The molecular weight excluding hydrogens is 373 g/mol. The summed E-state index contributed by atoms with van der Waals surface area (Å²) in [6.45, 7) is 1.97. The molecule has 3 aromatic rings. The van der Waals surface area contributed by atoms with E-state index in [0.717, 1.165) is 17.2 Å². The van der Waals surface area contributed by atoms with Gasteiger partial charge in [0.2, 0.25) is 0 Å². The topological polar surface area (TPSA) is 41.5 Å². The Kier molecular flexibility index (Phi) is 5.41. The average molecular weight is 388 g/mol. The van der Waals surface area contributed by atoms with Gasteiger partial charge in [-0.3, -0.25) is 4.79 Å². The van der Waals surface area contributed by atoms with E-state index in [9.17, 15) is 18.0 Å². The maximum atomic E-state index is 13.1. The number of halogens is 3. The summed E-state index contributed by atoms with van der Waals surface area (Å²) < 4.78 is 39.3. The molecule has 0 spiro atoms. The van der Waals surface area contributed by atoms with Crippen LogP contribution >= 0.6 is 11.3 Å². The Bertz CT molecular complexity index is 975. The van der Waals surface area contributed by atoms with Crippen molar-refractivity contribution in [2.75, 3.05) is 5.32 Å². The molecule has 0 fully saturated rings. The van der Waals surface area contributed by atoms with E-state index in [-0.39, 0.29) is 11.3 Å². The van der Waals surface area contributed by atoms with E-state index in [4.69, 9.17) is 0 Å². The zero-order valence-electron chi connectivity index (χ0n) is 14.2. The van der Waals surface area contributed by atoms with Crippen molar-refractivity contribution in [3.05, 3.63) is 82.2 Å². The summed E-state index contributed by atoms with van der Waals surface area (Å²) in [5.74, 6) is -0.635. The van der Waals surface area contributed by atoms with Gasteiger partial charge in [-0.15, -0.1) is 11.3 Å². The molecule has 0 radical (unpaired) electrons. The Hall–Kier alpha value is -2.93. The van der Waals surface area contributed by atoms with E-state index >= 15 is 0 Å². The van der Waals surface area contributed by atoms with Crippen LogP contribution in [0.2, 0.25) is 0 Å². The molecule has 0 aliphatic heterocycles. The second-order valence-corrected chi connectivity index (χ2v) is 6.70. The van der Waals surface area contributed by atoms with Gasteiger partial charge in [0.25, 0.3) is 5.91 Å². The lowest BCUT2D eigenvalue weighted by atomic mass is 10.1. The van der Waals surface area contributed by atoms with Crippen LogP contribution in [0, 0.1) is 6.92 Å². The molecule has 1 N–H and O–H groups in total. The Morgan fingerprint density at radius 1 is 1.07 bits per heavy atom. The number of thiophene rings is 1. The smallest absolute Gasteiger partial charge is 0.321 e. The predicted molar refractivity (Wildman–Crippen MR) is 102 cm³/mol. The summed E-state index contributed by atoms with van der Waals surface area (Å²) in [6, 6.07) is 14.1. The molecular formula is C20H15F3N2OS. The number of hydrogen-bond donors (Lipinski definition) is 1. The molecule has 0 aliphatic carbocycles. The minimum atomic E-state index is -4.55. The molecule has 138 valence electrons. The van der Waals surface area contributed by atoms with Crippen LogP contribution in [-0.2, 0) is 6.18 Å². The van der Waals surface area contributed by atoms with Crippen LogP contribution in [0.1, 0.15) is 27.0 Å².